The minimum atomic E-state index is 0.0202. The third-order valence-corrected chi connectivity index (χ3v) is 4.16. The Bertz CT molecular complexity index is 508. The van der Waals surface area contributed by atoms with Crippen LogP contribution in [0.15, 0.2) is 30.3 Å². The highest BCUT2D eigenvalue weighted by atomic mass is 16.5. The second-order valence-corrected chi connectivity index (χ2v) is 6.33. The second-order valence-electron chi connectivity index (χ2n) is 6.33. The zero-order valence-corrected chi connectivity index (χ0v) is 14.0. The van der Waals surface area contributed by atoms with Gasteiger partial charge in [-0.05, 0) is 30.9 Å². The standard InChI is InChI=1S/C18H26N2O3/c1-14(2)18(22)19-12-15-8-10-20(11-9-15)17(21)13-23-16-6-4-3-5-7-16/h3-7,14-15H,8-13H2,1-2H3,(H,19,22). The summed E-state index contributed by atoms with van der Waals surface area (Å²) in [5, 5.41) is 2.98. The van der Waals surface area contributed by atoms with Crippen molar-refractivity contribution in [1.29, 1.82) is 0 Å². The van der Waals surface area contributed by atoms with E-state index in [4.69, 9.17) is 4.74 Å². The highest BCUT2D eigenvalue weighted by Crippen LogP contribution is 2.17. The van der Waals surface area contributed by atoms with Crippen LogP contribution in [0, 0.1) is 11.8 Å². The van der Waals surface area contributed by atoms with E-state index in [9.17, 15) is 9.59 Å². The van der Waals surface area contributed by atoms with Crippen LogP contribution in [0.4, 0.5) is 0 Å². The second kappa shape index (κ2) is 8.56. The lowest BCUT2D eigenvalue weighted by Crippen LogP contribution is -2.43. The Morgan fingerprint density at radius 2 is 1.87 bits per heavy atom. The van der Waals surface area contributed by atoms with Crippen LogP contribution in [-0.4, -0.2) is 43.0 Å². The number of carbonyl (C=O) groups is 2. The van der Waals surface area contributed by atoms with Gasteiger partial charge in [-0.15, -0.1) is 0 Å². The van der Waals surface area contributed by atoms with Crippen LogP contribution >= 0.6 is 0 Å². The lowest BCUT2D eigenvalue weighted by Gasteiger charge is -2.32. The Balaban J connectivity index is 1.67. The van der Waals surface area contributed by atoms with E-state index in [1.165, 1.54) is 0 Å². The summed E-state index contributed by atoms with van der Waals surface area (Å²) in [6.45, 7) is 6.05. The Kier molecular flexibility index (Phi) is 6.44. The van der Waals surface area contributed by atoms with Crippen LogP contribution in [-0.2, 0) is 9.59 Å². The van der Waals surface area contributed by atoms with Crippen LogP contribution in [0.2, 0.25) is 0 Å². The average Bonchev–Trinajstić information content (AvgIpc) is 2.58. The molecular formula is C18H26N2O3. The average molecular weight is 318 g/mol. The molecule has 0 spiro atoms. The van der Waals surface area contributed by atoms with E-state index in [2.05, 4.69) is 5.32 Å². The van der Waals surface area contributed by atoms with Gasteiger partial charge in [-0.1, -0.05) is 32.0 Å². The van der Waals surface area contributed by atoms with Crippen LogP contribution in [0.25, 0.3) is 0 Å². The molecule has 5 nitrogen and oxygen atoms in total. The highest BCUT2D eigenvalue weighted by Gasteiger charge is 2.23. The molecule has 1 heterocycles. The van der Waals surface area contributed by atoms with Crippen molar-refractivity contribution in [1.82, 2.24) is 10.2 Å². The fourth-order valence-electron chi connectivity index (χ4n) is 2.59. The Labute approximate surface area is 138 Å². The van der Waals surface area contributed by atoms with E-state index in [-0.39, 0.29) is 24.3 Å². The molecule has 1 N–H and O–H groups in total. The monoisotopic (exact) mass is 318 g/mol. The van der Waals surface area contributed by atoms with Crippen molar-refractivity contribution in [3.8, 4) is 5.75 Å². The normalized spacial score (nSPS) is 15.5. The summed E-state index contributed by atoms with van der Waals surface area (Å²) in [6.07, 6.45) is 1.85. The van der Waals surface area contributed by atoms with E-state index >= 15 is 0 Å². The first-order valence-electron chi connectivity index (χ1n) is 8.29. The number of para-hydroxylation sites is 1. The van der Waals surface area contributed by atoms with Gasteiger partial charge in [-0.25, -0.2) is 0 Å². The molecule has 1 fully saturated rings. The molecule has 0 atom stereocenters. The molecule has 2 rings (SSSR count). The summed E-state index contributed by atoms with van der Waals surface area (Å²) in [6, 6.07) is 9.37. The highest BCUT2D eigenvalue weighted by molar-refractivity contribution is 5.78. The number of piperidine rings is 1. The predicted molar refractivity (Wildman–Crippen MR) is 89.1 cm³/mol. The molecule has 1 aromatic carbocycles. The first kappa shape index (κ1) is 17.3. The number of carbonyl (C=O) groups excluding carboxylic acids is 2. The number of nitrogens with zero attached hydrogens (tertiary/aromatic N) is 1. The number of amides is 2. The first-order valence-corrected chi connectivity index (χ1v) is 8.29. The van der Waals surface area contributed by atoms with Gasteiger partial charge in [0.1, 0.15) is 5.75 Å². The molecule has 2 amide bonds. The van der Waals surface area contributed by atoms with E-state index in [0.717, 1.165) is 25.9 Å². The van der Waals surface area contributed by atoms with Gasteiger partial charge in [0, 0.05) is 25.6 Å². The van der Waals surface area contributed by atoms with Crippen molar-refractivity contribution < 1.29 is 14.3 Å². The lowest BCUT2D eigenvalue weighted by molar-refractivity contribution is -0.135. The SMILES string of the molecule is CC(C)C(=O)NCC1CCN(C(=O)COc2ccccc2)CC1. The van der Waals surface area contributed by atoms with Gasteiger partial charge in [-0.3, -0.25) is 9.59 Å². The number of nitrogens with one attached hydrogen (secondary N) is 1. The largest absolute Gasteiger partial charge is 0.484 e. The van der Waals surface area contributed by atoms with Gasteiger partial charge in [0.15, 0.2) is 6.61 Å². The van der Waals surface area contributed by atoms with Crippen LogP contribution in [0.3, 0.4) is 0 Å². The van der Waals surface area contributed by atoms with Crippen molar-refractivity contribution in [2.45, 2.75) is 26.7 Å². The molecule has 0 saturated carbocycles. The molecule has 1 aliphatic rings. The predicted octanol–water partition coefficient (Wildman–Crippen LogP) is 2.08. The summed E-state index contributed by atoms with van der Waals surface area (Å²) in [4.78, 5) is 25.6. The van der Waals surface area contributed by atoms with Crippen molar-refractivity contribution >= 4 is 11.8 Å². The summed E-state index contributed by atoms with van der Waals surface area (Å²) < 4.78 is 5.50. The summed E-state index contributed by atoms with van der Waals surface area (Å²) in [5.41, 5.74) is 0. The van der Waals surface area contributed by atoms with Crippen LogP contribution in [0.1, 0.15) is 26.7 Å². The molecule has 0 aromatic heterocycles. The van der Waals surface area contributed by atoms with Crippen molar-refractivity contribution in [2.75, 3.05) is 26.2 Å². The number of ether oxygens (including phenoxy) is 1. The number of hydrogen-bond donors (Lipinski definition) is 1. The van der Waals surface area contributed by atoms with E-state index in [0.29, 0.717) is 18.2 Å². The molecule has 0 bridgehead atoms. The Morgan fingerprint density at radius 1 is 1.22 bits per heavy atom. The van der Waals surface area contributed by atoms with E-state index < -0.39 is 0 Å². The minimum Gasteiger partial charge on any atom is -0.484 e. The molecule has 5 heteroatoms. The molecule has 0 unspecified atom stereocenters. The maximum absolute atomic E-state index is 12.2. The summed E-state index contributed by atoms with van der Waals surface area (Å²) in [7, 11) is 0. The molecule has 1 saturated heterocycles. The fraction of sp³-hybridized carbons (Fsp3) is 0.556. The molecule has 23 heavy (non-hydrogen) atoms. The van der Waals surface area contributed by atoms with Crippen molar-refractivity contribution in [3.05, 3.63) is 30.3 Å². The molecule has 126 valence electrons. The molecule has 1 aliphatic heterocycles. The van der Waals surface area contributed by atoms with Crippen LogP contribution in [0.5, 0.6) is 5.75 Å². The smallest absolute Gasteiger partial charge is 0.260 e. The van der Waals surface area contributed by atoms with Gasteiger partial charge in [0.05, 0.1) is 0 Å². The number of hydrogen-bond acceptors (Lipinski definition) is 3. The third-order valence-electron chi connectivity index (χ3n) is 4.16. The van der Waals surface area contributed by atoms with Gasteiger partial charge in [0.2, 0.25) is 5.91 Å². The fourth-order valence-corrected chi connectivity index (χ4v) is 2.59. The van der Waals surface area contributed by atoms with Crippen LogP contribution < -0.4 is 10.1 Å². The third kappa shape index (κ3) is 5.58. The van der Waals surface area contributed by atoms with Gasteiger partial charge < -0.3 is 15.0 Å². The zero-order chi connectivity index (χ0) is 16.7. The summed E-state index contributed by atoms with van der Waals surface area (Å²) in [5.74, 6) is 1.31. The maximum Gasteiger partial charge on any atom is 0.260 e. The zero-order valence-electron chi connectivity index (χ0n) is 14.0. The molecule has 0 radical (unpaired) electrons. The van der Waals surface area contributed by atoms with Crippen molar-refractivity contribution in [3.63, 3.8) is 0 Å². The lowest BCUT2D eigenvalue weighted by atomic mass is 9.96. The van der Waals surface area contributed by atoms with Gasteiger partial charge >= 0.3 is 0 Å². The van der Waals surface area contributed by atoms with E-state index in [1.807, 2.05) is 49.1 Å². The van der Waals surface area contributed by atoms with Gasteiger partial charge in [-0.2, -0.15) is 0 Å². The molecule has 0 aliphatic carbocycles. The first-order chi connectivity index (χ1) is 11.1. The van der Waals surface area contributed by atoms with Crippen molar-refractivity contribution in [2.24, 2.45) is 11.8 Å². The van der Waals surface area contributed by atoms with E-state index in [1.54, 1.807) is 0 Å². The number of likely N-dealkylation sites (tertiary alicyclic amines) is 1. The quantitative estimate of drug-likeness (QED) is 0.873. The molecular weight excluding hydrogens is 292 g/mol. The number of rotatable bonds is 6. The Hall–Kier alpha value is -2.04. The summed E-state index contributed by atoms with van der Waals surface area (Å²) >= 11 is 0. The topological polar surface area (TPSA) is 58.6 Å². The van der Waals surface area contributed by atoms with Gasteiger partial charge in [0.25, 0.3) is 5.91 Å². The maximum atomic E-state index is 12.2. The number of benzene rings is 1. The Morgan fingerprint density at radius 3 is 2.48 bits per heavy atom. The minimum absolute atomic E-state index is 0.0202. The molecule has 1 aromatic rings.